The molecule has 15 heavy (non-hydrogen) atoms. The summed E-state index contributed by atoms with van der Waals surface area (Å²) >= 11 is 1.52. The van der Waals surface area contributed by atoms with Gasteiger partial charge in [0.1, 0.15) is 0 Å². The summed E-state index contributed by atoms with van der Waals surface area (Å²) in [7, 11) is 3.35. The summed E-state index contributed by atoms with van der Waals surface area (Å²) in [6.45, 7) is 4.93. The quantitative estimate of drug-likeness (QED) is 0.740. The van der Waals surface area contributed by atoms with Crippen LogP contribution in [0.4, 0.5) is 5.13 Å². The SMILES string of the molecule is CCCN(C)c1nc(C(=O)OC)c(C)s1. The number of methoxy groups -OCH3 is 1. The number of hydrogen-bond donors (Lipinski definition) is 0. The predicted octanol–water partition coefficient (Wildman–Crippen LogP) is 2.08. The topological polar surface area (TPSA) is 42.4 Å². The summed E-state index contributed by atoms with van der Waals surface area (Å²) in [5, 5.41) is 0.870. The molecule has 0 aromatic carbocycles. The second kappa shape index (κ2) is 5.11. The Morgan fingerprint density at radius 2 is 2.27 bits per heavy atom. The van der Waals surface area contributed by atoms with Crippen LogP contribution in [0, 0.1) is 6.92 Å². The van der Waals surface area contributed by atoms with E-state index in [4.69, 9.17) is 0 Å². The van der Waals surface area contributed by atoms with Crippen molar-refractivity contribution < 1.29 is 9.53 Å². The van der Waals surface area contributed by atoms with Crippen LogP contribution in [0.5, 0.6) is 0 Å². The zero-order valence-electron chi connectivity index (χ0n) is 9.53. The van der Waals surface area contributed by atoms with E-state index in [1.54, 1.807) is 0 Å². The molecule has 1 heterocycles. The molecule has 0 aliphatic carbocycles. The summed E-state index contributed by atoms with van der Waals surface area (Å²) in [6.07, 6.45) is 1.06. The summed E-state index contributed by atoms with van der Waals surface area (Å²) in [6, 6.07) is 0. The maximum absolute atomic E-state index is 11.3. The summed E-state index contributed by atoms with van der Waals surface area (Å²) in [4.78, 5) is 18.5. The molecule has 0 aliphatic heterocycles. The molecule has 0 saturated heterocycles. The fraction of sp³-hybridized carbons (Fsp3) is 0.600. The molecule has 0 unspecified atom stereocenters. The molecular formula is C10H16N2O2S. The fourth-order valence-corrected chi connectivity index (χ4v) is 2.15. The lowest BCUT2D eigenvalue weighted by Gasteiger charge is -2.13. The molecule has 0 atom stereocenters. The number of thiazole rings is 1. The van der Waals surface area contributed by atoms with Crippen molar-refractivity contribution in [2.24, 2.45) is 0 Å². The third-order valence-electron chi connectivity index (χ3n) is 2.05. The Labute approximate surface area is 93.9 Å². The summed E-state index contributed by atoms with van der Waals surface area (Å²) < 4.78 is 4.66. The highest BCUT2D eigenvalue weighted by Crippen LogP contribution is 2.25. The lowest BCUT2D eigenvalue weighted by Crippen LogP contribution is -2.17. The molecule has 1 aromatic rings. The molecule has 0 amide bonds. The summed E-state index contributed by atoms with van der Waals surface area (Å²) in [5.41, 5.74) is 0.431. The van der Waals surface area contributed by atoms with Gasteiger partial charge in [-0.2, -0.15) is 0 Å². The van der Waals surface area contributed by atoms with Crippen LogP contribution in [0.3, 0.4) is 0 Å². The number of esters is 1. The smallest absolute Gasteiger partial charge is 0.357 e. The molecule has 0 saturated carbocycles. The minimum absolute atomic E-state index is 0.361. The second-order valence-corrected chi connectivity index (χ2v) is 4.50. The average Bonchev–Trinajstić information content (AvgIpc) is 2.60. The second-order valence-electron chi connectivity index (χ2n) is 3.31. The molecule has 0 bridgehead atoms. The molecule has 1 rings (SSSR count). The lowest BCUT2D eigenvalue weighted by atomic mass is 10.4. The molecule has 0 fully saturated rings. The standard InChI is InChI=1S/C10H16N2O2S/c1-5-6-12(3)10-11-8(7(2)15-10)9(13)14-4/h5-6H2,1-4H3. The fourth-order valence-electron chi connectivity index (χ4n) is 1.26. The van der Waals surface area contributed by atoms with Crippen LogP contribution in [0.25, 0.3) is 0 Å². The van der Waals surface area contributed by atoms with Gasteiger partial charge in [0.05, 0.1) is 7.11 Å². The Morgan fingerprint density at radius 1 is 1.60 bits per heavy atom. The third kappa shape index (κ3) is 2.68. The Morgan fingerprint density at radius 3 is 2.80 bits per heavy atom. The number of carbonyl (C=O) groups excluding carboxylic acids is 1. The van der Waals surface area contributed by atoms with E-state index in [2.05, 4.69) is 16.6 Å². The van der Waals surface area contributed by atoms with Crippen LogP contribution in [-0.4, -0.2) is 31.7 Å². The van der Waals surface area contributed by atoms with Crippen molar-refractivity contribution in [1.82, 2.24) is 4.98 Å². The normalized spacial score (nSPS) is 10.1. The number of anilines is 1. The van der Waals surface area contributed by atoms with Crippen molar-refractivity contribution in [2.75, 3.05) is 25.6 Å². The highest BCUT2D eigenvalue weighted by atomic mass is 32.1. The maximum atomic E-state index is 11.3. The lowest BCUT2D eigenvalue weighted by molar-refractivity contribution is 0.0594. The first-order chi connectivity index (χ1) is 7.10. The first-order valence-electron chi connectivity index (χ1n) is 4.87. The van der Waals surface area contributed by atoms with E-state index in [1.807, 2.05) is 18.9 Å². The van der Waals surface area contributed by atoms with Gasteiger partial charge in [-0.05, 0) is 13.3 Å². The van der Waals surface area contributed by atoms with Crippen molar-refractivity contribution in [3.63, 3.8) is 0 Å². The van der Waals surface area contributed by atoms with Gasteiger partial charge in [0.25, 0.3) is 0 Å². The maximum Gasteiger partial charge on any atom is 0.357 e. The number of aryl methyl sites for hydroxylation is 1. The third-order valence-corrected chi connectivity index (χ3v) is 3.13. The van der Waals surface area contributed by atoms with E-state index < -0.39 is 0 Å². The Bertz CT molecular complexity index is 349. The van der Waals surface area contributed by atoms with E-state index in [0.29, 0.717) is 5.69 Å². The largest absolute Gasteiger partial charge is 0.464 e. The number of aromatic nitrogens is 1. The Hall–Kier alpha value is -1.10. The molecule has 4 nitrogen and oxygen atoms in total. The van der Waals surface area contributed by atoms with Gasteiger partial charge in [-0.3, -0.25) is 0 Å². The average molecular weight is 228 g/mol. The van der Waals surface area contributed by atoms with E-state index >= 15 is 0 Å². The van der Waals surface area contributed by atoms with Gasteiger partial charge >= 0.3 is 5.97 Å². The van der Waals surface area contributed by atoms with Gasteiger partial charge in [0.2, 0.25) is 0 Å². The van der Waals surface area contributed by atoms with Crippen LogP contribution < -0.4 is 4.90 Å². The van der Waals surface area contributed by atoms with E-state index in [1.165, 1.54) is 18.4 Å². The minimum Gasteiger partial charge on any atom is -0.464 e. The number of carbonyl (C=O) groups is 1. The molecule has 0 spiro atoms. The van der Waals surface area contributed by atoms with Gasteiger partial charge < -0.3 is 9.64 Å². The molecule has 84 valence electrons. The van der Waals surface area contributed by atoms with Gasteiger partial charge in [0.15, 0.2) is 10.8 Å². The first-order valence-corrected chi connectivity index (χ1v) is 5.68. The monoisotopic (exact) mass is 228 g/mol. The van der Waals surface area contributed by atoms with Gasteiger partial charge in [-0.15, -0.1) is 11.3 Å². The Balaban J connectivity index is 2.90. The molecule has 0 N–H and O–H groups in total. The van der Waals surface area contributed by atoms with Gasteiger partial charge in [-0.25, -0.2) is 9.78 Å². The zero-order valence-corrected chi connectivity index (χ0v) is 10.3. The van der Waals surface area contributed by atoms with Crippen LogP contribution in [-0.2, 0) is 4.74 Å². The number of rotatable bonds is 4. The molecular weight excluding hydrogens is 212 g/mol. The van der Waals surface area contributed by atoms with Gasteiger partial charge in [-0.1, -0.05) is 6.92 Å². The molecule has 0 radical (unpaired) electrons. The molecule has 0 aliphatic rings. The van der Waals surface area contributed by atoms with Crippen LogP contribution in [0.2, 0.25) is 0 Å². The summed E-state index contributed by atoms with van der Waals surface area (Å²) in [5.74, 6) is -0.361. The predicted molar refractivity (Wildman–Crippen MR) is 61.8 cm³/mol. The van der Waals surface area contributed by atoms with Crippen LogP contribution in [0.15, 0.2) is 0 Å². The van der Waals surface area contributed by atoms with E-state index in [9.17, 15) is 4.79 Å². The van der Waals surface area contributed by atoms with Gasteiger partial charge in [0, 0.05) is 18.5 Å². The number of nitrogens with zero attached hydrogens (tertiary/aromatic N) is 2. The van der Waals surface area contributed by atoms with E-state index in [-0.39, 0.29) is 5.97 Å². The first kappa shape index (κ1) is 12.0. The molecule has 5 heteroatoms. The van der Waals surface area contributed by atoms with Crippen molar-refractivity contribution in [3.05, 3.63) is 10.6 Å². The highest BCUT2D eigenvalue weighted by molar-refractivity contribution is 7.15. The van der Waals surface area contributed by atoms with Crippen molar-refractivity contribution >= 4 is 22.4 Å². The Kier molecular flexibility index (Phi) is 4.08. The highest BCUT2D eigenvalue weighted by Gasteiger charge is 2.17. The molecule has 1 aromatic heterocycles. The van der Waals surface area contributed by atoms with Crippen molar-refractivity contribution in [1.29, 1.82) is 0 Å². The zero-order chi connectivity index (χ0) is 11.4. The van der Waals surface area contributed by atoms with E-state index in [0.717, 1.165) is 23.0 Å². The van der Waals surface area contributed by atoms with Crippen molar-refractivity contribution in [3.8, 4) is 0 Å². The number of hydrogen-bond acceptors (Lipinski definition) is 5. The number of ether oxygens (including phenoxy) is 1. The van der Waals surface area contributed by atoms with Crippen LogP contribution >= 0.6 is 11.3 Å². The van der Waals surface area contributed by atoms with Crippen molar-refractivity contribution in [2.45, 2.75) is 20.3 Å². The van der Waals surface area contributed by atoms with Crippen LogP contribution in [0.1, 0.15) is 28.7 Å². The minimum atomic E-state index is -0.361.